The summed E-state index contributed by atoms with van der Waals surface area (Å²) in [6, 6.07) is 14.9. The van der Waals surface area contributed by atoms with Crippen LogP contribution < -0.4 is 20.3 Å². The Morgan fingerprint density at radius 3 is 2.50 bits per heavy atom. The number of methoxy groups -OCH3 is 1. The normalized spacial score (nSPS) is 10.5. The molecule has 1 heterocycles. The summed E-state index contributed by atoms with van der Waals surface area (Å²) < 4.78 is 12.0. The van der Waals surface area contributed by atoms with Crippen molar-refractivity contribution < 1.29 is 19.1 Å². The molecule has 8 nitrogen and oxygen atoms in total. The fourth-order valence-electron chi connectivity index (χ4n) is 2.89. The molecule has 3 rings (SSSR count). The van der Waals surface area contributed by atoms with Crippen LogP contribution in [-0.4, -0.2) is 41.7 Å². The first kappa shape index (κ1) is 23.0. The van der Waals surface area contributed by atoms with Gasteiger partial charge >= 0.3 is 0 Å². The molecule has 0 saturated carbocycles. The number of Topliss-reactive ketones (excluding diaryl/α,β-unsaturated/α-hetero) is 1. The molecule has 0 aliphatic carbocycles. The SMILES string of the molecule is COc1cc(C(C)=O)ccc1OCC(=O)NCCn1nc(-c2ccc(Cl)cc2)ccc1=O. The van der Waals surface area contributed by atoms with Crippen molar-refractivity contribution in [3.63, 3.8) is 0 Å². The van der Waals surface area contributed by atoms with Crippen LogP contribution in [0, 0.1) is 0 Å². The van der Waals surface area contributed by atoms with Gasteiger partial charge in [0.25, 0.3) is 11.5 Å². The quantitative estimate of drug-likeness (QED) is 0.498. The minimum Gasteiger partial charge on any atom is -0.493 e. The number of nitrogens with zero attached hydrogens (tertiary/aromatic N) is 2. The van der Waals surface area contributed by atoms with Crippen molar-refractivity contribution in [1.29, 1.82) is 0 Å². The first-order chi connectivity index (χ1) is 15.4. The lowest BCUT2D eigenvalue weighted by molar-refractivity contribution is -0.123. The Morgan fingerprint density at radius 2 is 1.81 bits per heavy atom. The molecule has 166 valence electrons. The molecule has 32 heavy (non-hydrogen) atoms. The van der Waals surface area contributed by atoms with Crippen molar-refractivity contribution >= 4 is 23.3 Å². The average Bonchev–Trinajstić information content (AvgIpc) is 2.79. The van der Waals surface area contributed by atoms with Crippen LogP contribution in [0.3, 0.4) is 0 Å². The van der Waals surface area contributed by atoms with Crippen LogP contribution in [0.1, 0.15) is 17.3 Å². The van der Waals surface area contributed by atoms with E-state index in [2.05, 4.69) is 10.4 Å². The molecule has 0 spiro atoms. The highest BCUT2D eigenvalue weighted by Crippen LogP contribution is 2.28. The summed E-state index contributed by atoms with van der Waals surface area (Å²) in [7, 11) is 1.45. The summed E-state index contributed by atoms with van der Waals surface area (Å²) >= 11 is 5.91. The Kier molecular flexibility index (Phi) is 7.62. The molecule has 0 atom stereocenters. The highest BCUT2D eigenvalue weighted by atomic mass is 35.5. The number of benzene rings is 2. The van der Waals surface area contributed by atoms with Crippen molar-refractivity contribution in [2.45, 2.75) is 13.5 Å². The number of aromatic nitrogens is 2. The molecule has 0 aliphatic rings. The van der Waals surface area contributed by atoms with Gasteiger partial charge < -0.3 is 14.8 Å². The van der Waals surface area contributed by atoms with Crippen LogP contribution in [0.5, 0.6) is 11.5 Å². The summed E-state index contributed by atoms with van der Waals surface area (Å²) in [5.74, 6) is 0.239. The Labute approximate surface area is 189 Å². The van der Waals surface area contributed by atoms with Gasteiger partial charge in [-0.3, -0.25) is 14.4 Å². The summed E-state index contributed by atoms with van der Waals surface area (Å²) in [4.78, 5) is 35.7. The lowest BCUT2D eigenvalue weighted by atomic mass is 10.1. The van der Waals surface area contributed by atoms with E-state index in [9.17, 15) is 14.4 Å². The minimum absolute atomic E-state index is 0.100. The maximum Gasteiger partial charge on any atom is 0.266 e. The van der Waals surface area contributed by atoms with Gasteiger partial charge in [0.05, 0.1) is 19.3 Å². The van der Waals surface area contributed by atoms with Crippen LogP contribution in [-0.2, 0) is 11.3 Å². The molecule has 0 fully saturated rings. The number of nitrogens with one attached hydrogen (secondary N) is 1. The van der Waals surface area contributed by atoms with Gasteiger partial charge in [-0.2, -0.15) is 5.10 Å². The van der Waals surface area contributed by atoms with E-state index in [-0.39, 0.29) is 36.9 Å². The van der Waals surface area contributed by atoms with E-state index in [0.717, 1.165) is 5.56 Å². The number of rotatable bonds is 9. The smallest absolute Gasteiger partial charge is 0.266 e. The first-order valence-corrected chi connectivity index (χ1v) is 10.2. The third kappa shape index (κ3) is 5.95. The van der Waals surface area contributed by atoms with Crippen LogP contribution >= 0.6 is 11.6 Å². The third-order valence-electron chi connectivity index (χ3n) is 4.58. The Balaban J connectivity index is 1.55. The number of hydrogen-bond donors (Lipinski definition) is 1. The second-order valence-corrected chi connectivity index (χ2v) is 7.28. The maximum absolute atomic E-state index is 12.1. The van der Waals surface area contributed by atoms with E-state index in [1.807, 2.05) is 12.1 Å². The molecule has 2 aromatic carbocycles. The molecular weight excluding hydrogens is 434 g/mol. The lowest BCUT2D eigenvalue weighted by Crippen LogP contribution is -2.34. The van der Waals surface area contributed by atoms with E-state index in [0.29, 0.717) is 27.8 Å². The van der Waals surface area contributed by atoms with E-state index >= 15 is 0 Å². The van der Waals surface area contributed by atoms with Gasteiger partial charge in [-0.05, 0) is 43.3 Å². The molecule has 0 unspecified atom stereocenters. The second kappa shape index (κ2) is 10.6. The van der Waals surface area contributed by atoms with Crippen molar-refractivity contribution in [2.75, 3.05) is 20.3 Å². The monoisotopic (exact) mass is 455 g/mol. The Morgan fingerprint density at radius 1 is 1.06 bits per heavy atom. The zero-order chi connectivity index (χ0) is 23.1. The minimum atomic E-state index is -0.371. The highest BCUT2D eigenvalue weighted by Gasteiger charge is 2.11. The molecule has 1 amide bonds. The largest absolute Gasteiger partial charge is 0.493 e. The summed E-state index contributed by atoms with van der Waals surface area (Å²) in [6.07, 6.45) is 0. The average molecular weight is 456 g/mol. The number of hydrogen-bond acceptors (Lipinski definition) is 6. The van der Waals surface area contributed by atoms with Crippen LogP contribution in [0.4, 0.5) is 0 Å². The van der Waals surface area contributed by atoms with Gasteiger partial charge in [-0.25, -0.2) is 4.68 Å². The molecule has 0 aliphatic heterocycles. The van der Waals surface area contributed by atoms with Crippen molar-refractivity contribution in [1.82, 2.24) is 15.1 Å². The number of amides is 1. The topological polar surface area (TPSA) is 99.5 Å². The van der Waals surface area contributed by atoms with Gasteiger partial charge in [0.1, 0.15) is 0 Å². The number of halogens is 1. The molecule has 1 aromatic heterocycles. The van der Waals surface area contributed by atoms with Gasteiger partial charge in [0.2, 0.25) is 0 Å². The van der Waals surface area contributed by atoms with Crippen molar-refractivity contribution in [3.8, 4) is 22.8 Å². The van der Waals surface area contributed by atoms with Crippen LogP contribution in [0.2, 0.25) is 5.02 Å². The maximum atomic E-state index is 12.1. The van der Waals surface area contributed by atoms with Gasteiger partial charge in [0, 0.05) is 28.8 Å². The third-order valence-corrected chi connectivity index (χ3v) is 4.83. The first-order valence-electron chi connectivity index (χ1n) is 9.80. The van der Waals surface area contributed by atoms with E-state index in [1.165, 1.54) is 24.8 Å². The van der Waals surface area contributed by atoms with E-state index in [4.69, 9.17) is 21.1 Å². The summed E-state index contributed by atoms with van der Waals surface area (Å²) in [6.45, 7) is 1.60. The molecule has 0 bridgehead atoms. The van der Waals surface area contributed by atoms with Gasteiger partial charge in [0.15, 0.2) is 23.9 Å². The number of carbonyl (C=O) groups excluding carboxylic acids is 2. The number of ketones is 1. The second-order valence-electron chi connectivity index (χ2n) is 6.85. The van der Waals surface area contributed by atoms with E-state index < -0.39 is 0 Å². The highest BCUT2D eigenvalue weighted by molar-refractivity contribution is 6.30. The summed E-state index contributed by atoms with van der Waals surface area (Å²) in [5.41, 5.74) is 1.66. The zero-order valence-corrected chi connectivity index (χ0v) is 18.4. The van der Waals surface area contributed by atoms with Gasteiger partial charge in [-0.1, -0.05) is 23.7 Å². The molecule has 1 N–H and O–H groups in total. The van der Waals surface area contributed by atoms with Crippen LogP contribution in [0.25, 0.3) is 11.3 Å². The molecule has 9 heteroatoms. The fourth-order valence-corrected chi connectivity index (χ4v) is 3.01. The van der Waals surface area contributed by atoms with Gasteiger partial charge in [-0.15, -0.1) is 0 Å². The fraction of sp³-hybridized carbons (Fsp3) is 0.217. The zero-order valence-electron chi connectivity index (χ0n) is 17.6. The van der Waals surface area contributed by atoms with Crippen molar-refractivity contribution in [2.24, 2.45) is 0 Å². The standard InChI is InChI=1S/C23H22ClN3O5/c1-15(28)17-5-9-20(21(13-17)31-2)32-14-22(29)25-11-12-27-23(30)10-8-19(26-27)16-3-6-18(24)7-4-16/h3-10,13H,11-12,14H2,1-2H3,(H,25,29). The van der Waals surface area contributed by atoms with Crippen LogP contribution in [0.15, 0.2) is 59.4 Å². The molecular formula is C23H22ClN3O5. The predicted molar refractivity (Wildman–Crippen MR) is 120 cm³/mol. The number of carbonyl (C=O) groups is 2. The van der Waals surface area contributed by atoms with E-state index in [1.54, 1.807) is 36.4 Å². The van der Waals surface area contributed by atoms with Crippen molar-refractivity contribution in [3.05, 3.63) is 75.5 Å². The summed E-state index contributed by atoms with van der Waals surface area (Å²) in [5, 5.41) is 7.64. The predicted octanol–water partition coefficient (Wildman–Crippen LogP) is 2.97. The Hall–Kier alpha value is -3.65. The lowest BCUT2D eigenvalue weighted by Gasteiger charge is -2.12. The Bertz CT molecular complexity index is 1170. The molecule has 3 aromatic rings. The molecule has 0 saturated heterocycles. The molecule has 0 radical (unpaired) electrons. The number of ether oxygens (including phenoxy) is 2.